The minimum Gasteiger partial charge on any atom is -0.493 e. The van der Waals surface area contributed by atoms with E-state index >= 15 is 0 Å². The number of benzene rings is 2. The van der Waals surface area contributed by atoms with Gasteiger partial charge in [0.1, 0.15) is 5.75 Å². The Morgan fingerprint density at radius 3 is 2.52 bits per heavy atom. The summed E-state index contributed by atoms with van der Waals surface area (Å²) in [6.07, 6.45) is 2.58. The van der Waals surface area contributed by atoms with Crippen molar-refractivity contribution in [2.75, 3.05) is 18.1 Å². The van der Waals surface area contributed by atoms with Crippen LogP contribution in [-0.2, 0) is 20.4 Å². The van der Waals surface area contributed by atoms with Crippen molar-refractivity contribution in [3.8, 4) is 5.75 Å². The zero-order valence-electron chi connectivity index (χ0n) is 15.8. The van der Waals surface area contributed by atoms with Gasteiger partial charge in [-0.3, -0.25) is 15.0 Å². The average Bonchev–Trinajstić information content (AvgIpc) is 3.52. The fourth-order valence-corrected chi connectivity index (χ4v) is 4.52. The molecule has 0 unspecified atom stereocenters. The summed E-state index contributed by atoms with van der Waals surface area (Å²) in [6.45, 7) is 0.927. The Morgan fingerprint density at radius 1 is 1.07 bits per heavy atom. The summed E-state index contributed by atoms with van der Waals surface area (Å²) in [5.74, 6) is 0.717. The van der Waals surface area contributed by atoms with E-state index in [1.807, 2.05) is 0 Å². The van der Waals surface area contributed by atoms with Gasteiger partial charge in [0, 0.05) is 18.7 Å². The fourth-order valence-electron chi connectivity index (χ4n) is 3.14. The van der Waals surface area contributed by atoms with E-state index < -0.39 is 15.9 Å². The van der Waals surface area contributed by atoms with Crippen LogP contribution < -0.4 is 15.0 Å². The number of anilines is 1. The number of amides is 3. The molecule has 2 aromatic carbocycles. The highest BCUT2D eigenvalue weighted by molar-refractivity contribution is 7.90. The quantitative estimate of drug-likeness (QED) is 0.752. The summed E-state index contributed by atoms with van der Waals surface area (Å²) in [5.41, 5.74) is 1.23. The Bertz CT molecular complexity index is 1030. The number of nitrogens with zero attached hydrogens (tertiary/aromatic N) is 1. The summed E-state index contributed by atoms with van der Waals surface area (Å²) >= 11 is 0. The molecule has 0 spiro atoms. The lowest BCUT2D eigenvalue weighted by Gasteiger charge is -2.26. The van der Waals surface area contributed by atoms with Crippen LogP contribution in [0.3, 0.4) is 0 Å². The second-order valence-corrected chi connectivity index (χ2v) is 9.40. The van der Waals surface area contributed by atoms with Crippen molar-refractivity contribution in [2.45, 2.75) is 29.9 Å². The Balaban J connectivity index is 1.44. The van der Waals surface area contributed by atoms with E-state index in [1.165, 1.54) is 17.7 Å². The minimum absolute atomic E-state index is 0.149. The van der Waals surface area contributed by atoms with Crippen molar-refractivity contribution in [3.05, 3.63) is 54.1 Å². The molecule has 1 saturated carbocycles. The molecule has 2 aliphatic rings. The molecule has 1 N–H and O–H groups in total. The van der Waals surface area contributed by atoms with E-state index in [-0.39, 0.29) is 23.0 Å². The number of ether oxygens (including phenoxy) is 1. The lowest BCUT2D eigenvalue weighted by atomic mass is 10.2. The highest BCUT2D eigenvalue weighted by Gasteiger charge is 2.25. The number of urea groups is 1. The van der Waals surface area contributed by atoms with Gasteiger partial charge < -0.3 is 4.74 Å². The lowest BCUT2D eigenvalue weighted by molar-refractivity contribution is -0.120. The molecule has 0 radical (unpaired) electrons. The second-order valence-electron chi connectivity index (χ2n) is 7.41. The van der Waals surface area contributed by atoms with Gasteiger partial charge >= 0.3 is 6.03 Å². The number of hydrogen-bond donors (Lipinski definition) is 1. The molecule has 1 aliphatic carbocycles. The maximum absolute atomic E-state index is 12.8. The van der Waals surface area contributed by atoms with Crippen molar-refractivity contribution in [2.24, 2.45) is 5.92 Å². The summed E-state index contributed by atoms with van der Waals surface area (Å²) in [4.78, 5) is 24.9. The molecule has 0 bridgehead atoms. The van der Waals surface area contributed by atoms with Crippen LogP contribution in [-0.4, -0.2) is 33.5 Å². The normalized spacial score (nSPS) is 17.2. The summed E-state index contributed by atoms with van der Waals surface area (Å²) in [5, 5.41) is 2.27. The van der Waals surface area contributed by atoms with Crippen LogP contribution in [0.5, 0.6) is 5.75 Å². The first-order valence-corrected chi connectivity index (χ1v) is 11.2. The summed E-state index contributed by atoms with van der Waals surface area (Å²) in [6, 6.07) is 12.9. The van der Waals surface area contributed by atoms with Gasteiger partial charge in [-0.15, -0.1) is 0 Å². The zero-order chi connectivity index (χ0) is 20.4. The molecule has 1 aliphatic heterocycles. The number of nitrogens with one attached hydrogen (secondary N) is 1. The van der Waals surface area contributed by atoms with Gasteiger partial charge in [-0.05, 0) is 54.7 Å². The van der Waals surface area contributed by atoms with Crippen LogP contribution in [0.4, 0.5) is 10.5 Å². The molecule has 1 heterocycles. The zero-order valence-corrected chi connectivity index (χ0v) is 16.7. The SMILES string of the molecule is O=C1CCN(c2ccc(CS(=O)(=O)c3cccc(OCC4CC4)c3)cc2)C(=O)N1. The van der Waals surface area contributed by atoms with E-state index in [0.29, 0.717) is 36.1 Å². The molecule has 2 fully saturated rings. The largest absolute Gasteiger partial charge is 0.493 e. The Morgan fingerprint density at radius 2 is 1.83 bits per heavy atom. The maximum atomic E-state index is 12.8. The Kier molecular flexibility index (Phi) is 5.27. The van der Waals surface area contributed by atoms with E-state index in [4.69, 9.17) is 4.74 Å². The predicted molar refractivity (Wildman–Crippen MR) is 107 cm³/mol. The van der Waals surface area contributed by atoms with Crippen LogP contribution in [0.25, 0.3) is 0 Å². The topological polar surface area (TPSA) is 92.8 Å². The van der Waals surface area contributed by atoms with Crippen LogP contribution in [0, 0.1) is 5.92 Å². The molecule has 1 saturated heterocycles. The molecule has 29 heavy (non-hydrogen) atoms. The van der Waals surface area contributed by atoms with Gasteiger partial charge in [-0.1, -0.05) is 18.2 Å². The average molecular weight is 414 g/mol. The summed E-state index contributed by atoms with van der Waals surface area (Å²) < 4.78 is 31.3. The van der Waals surface area contributed by atoms with Gasteiger partial charge in [0.2, 0.25) is 5.91 Å². The van der Waals surface area contributed by atoms with Crippen molar-refractivity contribution >= 4 is 27.5 Å². The smallest absolute Gasteiger partial charge is 0.328 e. The third-order valence-corrected chi connectivity index (χ3v) is 6.69. The number of hydrogen-bond acceptors (Lipinski definition) is 5. The number of carbonyl (C=O) groups excluding carboxylic acids is 2. The van der Waals surface area contributed by atoms with Crippen molar-refractivity contribution in [3.63, 3.8) is 0 Å². The van der Waals surface area contributed by atoms with Gasteiger partial charge in [-0.2, -0.15) is 0 Å². The molecular formula is C21H22N2O5S. The first-order chi connectivity index (χ1) is 13.9. The number of carbonyl (C=O) groups is 2. The van der Waals surface area contributed by atoms with Gasteiger partial charge in [0.25, 0.3) is 0 Å². The molecule has 4 rings (SSSR count). The molecule has 7 nitrogen and oxygen atoms in total. The van der Waals surface area contributed by atoms with Crippen molar-refractivity contribution in [1.82, 2.24) is 5.32 Å². The van der Waals surface area contributed by atoms with Crippen LogP contribution >= 0.6 is 0 Å². The minimum atomic E-state index is -3.53. The number of rotatable bonds is 7. The van der Waals surface area contributed by atoms with Gasteiger partial charge in [0.05, 0.1) is 17.3 Å². The lowest BCUT2D eigenvalue weighted by Crippen LogP contribution is -2.49. The van der Waals surface area contributed by atoms with Gasteiger partial charge in [0.15, 0.2) is 9.84 Å². The van der Waals surface area contributed by atoms with E-state index in [0.717, 1.165) is 0 Å². The highest BCUT2D eigenvalue weighted by atomic mass is 32.2. The monoisotopic (exact) mass is 414 g/mol. The third kappa shape index (κ3) is 4.76. The maximum Gasteiger partial charge on any atom is 0.328 e. The second kappa shape index (κ2) is 7.87. The fraction of sp³-hybridized carbons (Fsp3) is 0.333. The molecule has 3 amide bonds. The molecule has 0 atom stereocenters. The molecular weight excluding hydrogens is 392 g/mol. The van der Waals surface area contributed by atoms with E-state index in [2.05, 4.69) is 5.32 Å². The molecule has 2 aromatic rings. The summed E-state index contributed by atoms with van der Waals surface area (Å²) in [7, 11) is -3.53. The Labute approximate surface area is 169 Å². The van der Waals surface area contributed by atoms with E-state index in [1.54, 1.807) is 48.5 Å². The van der Waals surface area contributed by atoms with E-state index in [9.17, 15) is 18.0 Å². The standard InChI is InChI=1S/C21H22N2O5S/c24-20-10-11-23(21(25)22-20)17-8-6-16(7-9-17)14-29(26,27)19-3-1-2-18(12-19)28-13-15-4-5-15/h1-3,6-9,12,15H,4-5,10-11,13-14H2,(H,22,24,25). The number of imide groups is 1. The van der Waals surface area contributed by atoms with Crippen LogP contribution in [0.15, 0.2) is 53.4 Å². The third-order valence-electron chi connectivity index (χ3n) is 5.01. The first kappa shape index (κ1) is 19.4. The molecule has 0 aromatic heterocycles. The predicted octanol–water partition coefficient (Wildman–Crippen LogP) is 2.90. The Hall–Kier alpha value is -2.87. The first-order valence-electron chi connectivity index (χ1n) is 9.57. The van der Waals surface area contributed by atoms with Crippen molar-refractivity contribution in [1.29, 1.82) is 0 Å². The highest BCUT2D eigenvalue weighted by Crippen LogP contribution is 2.30. The van der Waals surface area contributed by atoms with Crippen molar-refractivity contribution < 1.29 is 22.7 Å². The molecule has 152 valence electrons. The van der Waals surface area contributed by atoms with Crippen LogP contribution in [0.2, 0.25) is 0 Å². The number of sulfone groups is 1. The van der Waals surface area contributed by atoms with Gasteiger partial charge in [-0.25, -0.2) is 13.2 Å². The van der Waals surface area contributed by atoms with Crippen LogP contribution in [0.1, 0.15) is 24.8 Å². The molecule has 8 heteroatoms.